The van der Waals surface area contributed by atoms with Gasteiger partial charge in [0.05, 0.1) is 23.6 Å². The molecule has 14 heavy (non-hydrogen) atoms. The number of aromatic nitrogens is 4. The Labute approximate surface area is 78.7 Å². The van der Waals surface area contributed by atoms with Gasteiger partial charge < -0.3 is 11.1 Å². The first-order valence-electron chi connectivity index (χ1n) is 3.86. The van der Waals surface area contributed by atoms with E-state index in [1.807, 2.05) is 0 Å². The normalized spacial score (nSPS) is 10.0. The highest BCUT2D eigenvalue weighted by atomic mass is 16.1. The van der Waals surface area contributed by atoms with Crippen LogP contribution in [0.15, 0.2) is 18.6 Å². The van der Waals surface area contributed by atoms with Gasteiger partial charge in [0.2, 0.25) is 0 Å². The van der Waals surface area contributed by atoms with Gasteiger partial charge in [-0.05, 0) is 0 Å². The van der Waals surface area contributed by atoms with Crippen LogP contribution in [0.2, 0.25) is 0 Å². The molecule has 2 aromatic heterocycles. The first-order valence-corrected chi connectivity index (χ1v) is 3.86. The number of nitrogen functional groups attached to an aromatic ring is 1. The highest BCUT2D eigenvalue weighted by molar-refractivity contribution is 6.04. The van der Waals surface area contributed by atoms with Crippen LogP contribution in [0.25, 0.3) is 0 Å². The summed E-state index contributed by atoms with van der Waals surface area (Å²) in [5, 5.41) is 15.0. The second-order valence-electron chi connectivity index (χ2n) is 2.64. The lowest BCUT2D eigenvalue weighted by molar-refractivity contribution is 0.102. The van der Waals surface area contributed by atoms with E-state index in [9.17, 15) is 4.79 Å². The molecule has 0 aliphatic carbocycles. The summed E-state index contributed by atoms with van der Waals surface area (Å²) >= 11 is 0. The summed E-state index contributed by atoms with van der Waals surface area (Å²) in [5.41, 5.74) is 6.33. The molecule has 0 radical (unpaired) electrons. The Bertz CT molecular complexity index is 431. The number of nitrogens with two attached hydrogens (primary N) is 1. The van der Waals surface area contributed by atoms with Crippen LogP contribution >= 0.6 is 0 Å². The van der Waals surface area contributed by atoms with Gasteiger partial charge in [-0.1, -0.05) is 0 Å². The number of hydrogen-bond acceptors (Lipinski definition) is 4. The van der Waals surface area contributed by atoms with Crippen LogP contribution in [0, 0.1) is 0 Å². The minimum Gasteiger partial charge on any atom is -0.394 e. The van der Waals surface area contributed by atoms with Gasteiger partial charge in [0, 0.05) is 6.20 Å². The number of nitrogens with zero attached hydrogens (tertiary/aromatic N) is 2. The largest absolute Gasteiger partial charge is 0.394 e. The number of anilines is 2. The van der Waals surface area contributed by atoms with Crippen molar-refractivity contribution in [2.24, 2.45) is 0 Å². The molecule has 0 aromatic carbocycles. The number of carbonyl (C=O) groups excluding carboxylic acids is 1. The van der Waals surface area contributed by atoms with Crippen LogP contribution in [-0.2, 0) is 0 Å². The van der Waals surface area contributed by atoms with Gasteiger partial charge in [0.1, 0.15) is 0 Å². The standard InChI is InChI=1S/C7H8N6O/c8-5-3-11-13-6(5)12-7(14)4-1-9-10-2-4/h1-3H,8H2,(H,9,10)(H2,11,12,13,14). The summed E-state index contributed by atoms with van der Waals surface area (Å²) in [7, 11) is 0. The number of carbonyl (C=O) groups is 1. The number of amides is 1. The van der Waals surface area contributed by atoms with E-state index in [0.29, 0.717) is 17.1 Å². The van der Waals surface area contributed by atoms with Crippen LogP contribution in [0.1, 0.15) is 10.4 Å². The summed E-state index contributed by atoms with van der Waals surface area (Å²) in [6, 6.07) is 0. The highest BCUT2D eigenvalue weighted by Gasteiger charge is 2.09. The van der Waals surface area contributed by atoms with Gasteiger partial charge >= 0.3 is 0 Å². The fraction of sp³-hybridized carbons (Fsp3) is 0. The molecule has 5 N–H and O–H groups in total. The van der Waals surface area contributed by atoms with E-state index in [4.69, 9.17) is 5.73 Å². The van der Waals surface area contributed by atoms with Gasteiger partial charge in [0.25, 0.3) is 5.91 Å². The monoisotopic (exact) mass is 192 g/mol. The fourth-order valence-electron chi connectivity index (χ4n) is 0.956. The lowest BCUT2D eigenvalue weighted by Crippen LogP contribution is -2.12. The van der Waals surface area contributed by atoms with Crippen LogP contribution in [0.5, 0.6) is 0 Å². The Kier molecular flexibility index (Phi) is 1.90. The zero-order valence-corrected chi connectivity index (χ0v) is 7.11. The summed E-state index contributed by atoms with van der Waals surface area (Å²) in [6.07, 6.45) is 4.33. The predicted octanol–water partition coefficient (Wildman–Crippen LogP) is -0.0327. The number of hydrogen-bond donors (Lipinski definition) is 4. The van der Waals surface area contributed by atoms with Crippen LogP contribution < -0.4 is 11.1 Å². The fourth-order valence-corrected chi connectivity index (χ4v) is 0.956. The Hall–Kier alpha value is -2.31. The van der Waals surface area contributed by atoms with E-state index in [2.05, 4.69) is 25.7 Å². The van der Waals surface area contributed by atoms with Gasteiger partial charge in [-0.25, -0.2) is 0 Å². The maximum atomic E-state index is 11.5. The van der Waals surface area contributed by atoms with E-state index >= 15 is 0 Å². The van der Waals surface area contributed by atoms with E-state index in [0.717, 1.165) is 0 Å². The predicted molar refractivity (Wildman–Crippen MR) is 49.5 cm³/mol. The molecule has 7 nitrogen and oxygen atoms in total. The van der Waals surface area contributed by atoms with E-state index in [1.165, 1.54) is 18.6 Å². The Morgan fingerprint density at radius 1 is 1.43 bits per heavy atom. The third kappa shape index (κ3) is 1.42. The van der Waals surface area contributed by atoms with Crippen LogP contribution in [-0.4, -0.2) is 26.3 Å². The molecule has 72 valence electrons. The lowest BCUT2D eigenvalue weighted by atomic mass is 10.3. The summed E-state index contributed by atoms with van der Waals surface area (Å²) in [4.78, 5) is 11.5. The second kappa shape index (κ2) is 3.21. The summed E-state index contributed by atoms with van der Waals surface area (Å²) in [5.74, 6) is 0.0888. The van der Waals surface area contributed by atoms with Gasteiger partial charge in [0.15, 0.2) is 5.82 Å². The van der Waals surface area contributed by atoms with Crippen LogP contribution in [0.4, 0.5) is 11.5 Å². The number of nitrogens with one attached hydrogen (secondary N) is 3. The van der Waals surface area contributed by atoms with Crippen molar-refractivity contribution >= 4 is 17.4 Å². The minimum absolute atomic E-state index is 0.297. The quantitative estimate of drug-likeness (QED) is 0.535. The van der Waals surface area contributed by atoms with E-state index in [-0.39, 0.29) is 5.91 Å². The molecular weight excluding hydrogens is 184 g/mol. The number of rotatable bonds is 2. The lowest BCUT2D eigenvalue weighted by Gasteiger charge is -1.99. The van der Waals surface area contributed by atoms with Crippen molar-refractivity contribution in [1.82, 2.24) is 20.4 Å². The average Bonchev–Trinajstić information content (AvgIpc) is 2.77. The second-order valence-corrected chi connectivity index (χ2v) is 2.64. The van der Waals surface area contributed by atoms with Crippen molar-refractivity contribution in [3.05, 3.63) is 24.2 Å². The molecule has 7 heteroatoms. The summed E-state index contributed by atoms with van der Waals surface area (Å²) in [6.45, 7) is 0. The smallest absolute Gasteiger partial charge is 0.260 e. The van der Waals surface area contributed by atoms with E-state index < -0.39 is 0 Å². The third-order valence-electron chi connectivity index (χ3n) is 1.67. The first-order chi connectivity index (χ1) is 6.77. The van der Waals surface area contributed by atoms with Crippen molar-refractivity contribution in [3.8, 4) is 0 Å². The Morgan fingerprint density at radius 3 is 2.86 bits per heavy atom. The van der Waals surface area contributed by atoms with Gasteiger partial charge in [-0.2, -0.15) is 10.2 Å². The van der Waals surface area contributed by atoms with Crippen molar-refractivity contribution in [2.45, 2.75) is 0 Å². The molecular formula is C7H8N6O. The molecule has 2 rings (SSSR count). The summed E-state index contributed by atoms with van der Waals surface area (Å²) < 4.78 is 0. The molecule has 2 aromatic rings. The van der Waals surface area contributed by atoms with Crippen LogP contribution in [0.3, 0.4) is 0 Å². The Balaban J connectivity index is 2.13. The highest BCUT2D eigenvalue weighted by Crippen LogP contribution is 2.13. The maximum absolute atomic E-state index is 11.5. The zero-order valence-electron chi connectivity index (χ0n) is 7.11. The molecule has 0 saturated carbocycles. The maximum Gasteiger partial charge on any atom is 0.260 e. The van der Waals surface area contributed by atoms with Gasteiger partial charge in [-0.15, -0.1) is 0 Å². The number of H-pyrrole nitrogens is 2. The molecule has 0 atom stereocenters. The average molecular weight is 192 g/mol. The van der Waals surface area contributed by atoms with Crippen molar-refractivity contribution in [1.29, 1.82) is 0 Å². The molecule has 0 saturated heterocycles. The zero-order chi connectivity index (χ0) is 9.97. The molecule has 0 aliphatic rings. The molecule has 0 aliphatic heterocycles. The third-order valence-corrected chi connectivity index (χ3v) is 1.67. The topological polar surface area (TPSA) is 112 Å². The van der Waals surface area contributed by atoms with Crippen molar-refractivity contribution < 1.29 is 4.79 Å². The number of aromatic amines is 2. The minimum atomic E-state index is -0.297. The Morgan fingerprint density at radius 2 is 2.29 bits per heavy atom. The molecule has 0 spiro atoms. The molecule has 0 unspecified atom stereocenters. The molecule has 0 bridgehead atoms. The van der Waals surface area contributed by atoms with Crippen molar-refractivity contribution in [2.75, 3.05) is 11.1 Å². The van der Waals surface area contributed by atoms with Crippen molar-refractivity contribution in [3.63, 3.8) is 0 Å². The molecule has 2 heterocycles. The first kappa shape index (κ1) is 8.30. The SMILES string of the molecule is Nc1cn[nH]c1NC(=O)c1cn[nH]c1. The molecule has 0 fully saturated rings. The van der Waals surface area contributed by atoms with Gasteiger partial charge in [-0.3, -0.25) is 15.0 Å². The molecule has 1 amide bonds. The van der Waals surface area contributed by atoms with E-state index in [1.54, 1.807) is 0 Å².